The Morgan fingerprint density at radius 3 is 2.47 bits per heavy atom. The third-order valence-corrected chi connectivity index (χ3v) is 3.76. The van der Waals surface area contributed by atoms with Gasteiger partial charge in [0.05, 0.1) is 6.61 Å². The van der Waals surface area contributed by atoms with E-state index in [0.29, 0.717) is 12.1 Å². The number of hydrogen-bond acceptors (Lipinski definition) is 3. The van der Waals surface area contributed by atoms with Crippen LogP contribution in [0.2, 0.25) is 0 Å². The van der Waals surface area contributed by atoms with E-state index in [1.165, 1.54) is 24.9 Å². The lowest BCUT2D eigenvalue weighted by Gasteiger charge is -2.27. The number of rotatable bonds is 6. The maximum Gasteiger partial charge on any atom is 0.119 e. The Labute approximate surface area is 116 Å². The van der Waals surface area contributed by atoms with Crippen LogP contribution in [0.1, 0.15) is 45.4 Å². The molecule has 1 saturated carbocycles. The molecule has 1 aromatic rings. The van der Waals surface area contributed by atoms with Crippen molar-refractivity contribution in [2.75, 3.05) is 11.9 Å². The maximum absolute atomic E-state index is 5.92. The zero-order chi connectivity index (χ0) is 13.5. The number of nitrogens with one attached hydrogen (secondary N) is 1. The molecule has 0 amide bonds. The summed E-state index contributed by atoms with van der Waals surface area (Å²) in [5.41, 5.74) is 7.11. The first-order chi connectivity index (χ1) is 9.28. The van der Waals surface area contributed by atoms with Crippen molar-refractivity contribution >= 4 is 5.69 Å². The van der Waals surface area contributed by atoms with Crippen LogP contribution in [0, 0.1) is 0 Å². The van der Waals surface area contributed by atoms with E-state index >= 15 is 0 Å². The highest BCUT2D eigenvalue weighted by Gasteiger charge is 2.17. The van der Waals surface area contributed by atoms with Crippen molar-refractivity contribution in [2.45, 2.75) is 57.5 Å². The number of ether oxygens (including phenoxy) is 1. The second-order valence-electron chi connectivity index (χ2n) is 5.48. The molecule has 3 N–H and O–H groups in total. The average molecular weight is 262 g/mol. The highest BCUT2D eigenvalue weighted by atomic mass is 16.5. The van der Waals surface area contributed by atoms with Gasteiger partial charge in [0.1, 0.15) is 5.75 Å². The summed E-state index contributed by atoms with van der Waals surface area (Å²) in [6.45, 7) is 2.98. The van der Waals surface area contributed by atoms with Gasteiger partial charge in [-0.3, -0.25) is 0 Å². The van der Waals surface area contributed by atoms with Crippen molar-refractivity contribution in [2.24, 2.45) is 5.73 Å². The van der Waals surface area contributed by atoms with Gasteiger partial charge in [0, 0.05) is 17.8 Å². The van der Waals surface area contributed by atoms with Crippen LogP contribution in [-0.2, 0) is 0 Å². The molecule has 1 aliphatic rings. The quantitative estimate of drug-likeness (QED) is 0.771. The molecule has 0 bridgehead atoms. The Kier molecular flexibility index (Phi) is 5.52. The van der Waals surface area contributed by atoms with Gasteiger partial charge in [-0.1, -0.05) is 13.3 Å². The SMILES string of the molecule is CCCCOc1ccc(NC2CCC(N)CC2)cc1. The summed E-state index contributed by atoms with van der Waals surface area (Å²) in [4.78, 5) is 0. The van der Waals surface area contributed by atoms with Crippen LogP contribution < -0.4 is 15.8 Å². The lowest BCUT2D eigenvalue weighted by atomic mass is 9.92. The molecule has 0 aliphatic heterocycles. The normalized spacial score (nSPS) is 23.1. The predicted octanol–water partition coefficient (Wildman–Crippen LogP) is 3.55. The van der Waals surface area contributed by atoms with Gasteiger partial charge >= 0.3 is 0 Å². The van der Waals surface area contributed by atoms with E-state index in [-0.39, 0.29) is 0 Å². The molecule has 2 rings (SSSR count). The van der Waals surface area contributed by atoms with Crippen molar-refractivity contribution in [1.82, 2.24) is 0 Å². The summed E-state index contributed by atoms with van der Waals surface area (Å²) in [6.07, 6.45) is 6.91. The fraction of sp³-hybridized carbons (Fsp3) is 0.625. The molecule has 0 saturated heterocycles. The van der Waals surface area contributed by atoms with E-state index in [4.69, 9.17) is 10.5 Å². The minimum absolute atomic E-state index is 0.410. The topological polar surface area (TPSA) is 47.3 Å². The first kappa shape index (κ1) is 14.2. The molecule has 1 fully saturated rings. The Balaban J connectivity index is 1.78. The summed E-state index contributed by atoms with van der Waals surface area (Å²) >= 11 is 0. The zero-order valence-corrected chi connectivity index (χ0v) is 11.9. The molecule has 0 heterocycles. The van der Waals surface area contributed by atoms with Crippen LogP contribution in [0.3, 0.4) is 0 Å². The summed E-state index contributed by atoms with van der Waals surface area (Å²) in [5.74, 6) is 0.963. The van der Waals surface area contributed by atoms with Crippen molar-refractivity contribution in [3.8, 4) is 5.75 Å². The maximum atomic E-state index is 5.92. The third kappa shape index (κ3) is 4.75. The molecular formula is C16H26N2O. The molecule has 1 aliphatic carbocycles. The second-order valence-corrected chi connectivity index (χ2v) is 5.48. The number of anilines is 1. The minimum Gasteiger partial charge on any atom is -0.494 e. The molecule has 0 spiro atoms. The molecule has 19 heavy (non-hydrogen) atoms. The van der Waals surface area contributed by atoms with Crippen LogP contribution >= 0.6 is 0 Å². The summed E-state index contributed by atoms with van der Waals surface area (Å²) in [7, 11) is 0. The second kappa shape index (κ2) is 7.39. The Hall–Kier alpha value is -1.22. The van der Waals surface area contributed by atoms with E-state index in [9.17, 15) is 0 Å². The van der Waals surface area contributed by atoms with E-state index in [1.54, 1.807) is 0 Å². The molecule has 1 aromatic carbocycles. The fourth-order valence-corrected chi connectivity index (χ4v) is 2.48. The lowest BCUT2D eigenvalue weighted by molar-refractivity contribution is 0.309. The minimum atomic E-state index is 0.410. The van der Waals surface area contributed by atoms with Crippen LogP contribution in [0.25, 0.3) is 0 Å². The molecule has 106 valence electrons. The molecule has 0 aromatic heterocycles. The molecule has 0 unspecified atom stereocenters. The van der Waals surface area contributed by atoms with Gasteiger partial charge in [-0.25, -0.2) is 0 Å². The first-order valence-corrected chi connectivity index (χ1v) is 7.53. The van der Waals surface area contributed by atoms with Gasteiger partial charge in [-0.15, -0.1) is 0 Å². The van der Waals surface area contributed by atoms with Crippen molar-refractivity contribution in [3.05, 3.63) is 24.3 Å². The Morgan fingerprint density at radius 1 is 1.16 bits per heavy atom. The zero-order valence-electron chi connectivity index (χ0n) is 11.9. The number of benzene rings is 1. The lowest BCUT2D eigenvalue weighted by Crippen LogP contribution is -2.32. The molecule has 3 nitrogen and oxygen atoms in total. The van der Waals surface area contributed by atoms with Crippen LogP contribution in [0.5, 0.6) is 5.75 Å². The standard InChI is InChI=1S/C16H26N2O/c1-2-3-12-19-16-10-8-15(9-11-16)18-14-6-4-13(17)5-7-14/h8-11,13-14,18H,2-7,12,17H2,1H3. The van der Waals surface area contributed by atoms with E-state index < -0.39 is 0 Å². The van der Waals surface area contributed by atoms with Gasteiger partial charge in [0.15, 0.2) is 0 Å². The monoisotopic (exact) mass is 262 g/mol. The molecule has 0 atom stereocenters. The van der Waals surface area contributed by atoms with Gasteiger partial charge in [0.2, 0.25) is 0 Å². The average Bonchev–Trinajstić information content (AvgIpc) is 2.44. The number of unbranched alkanes of at least 4 members (excludes halogenated alkanes) is 1. The third-order valence-electron chi connectivity index (χ3n) is 3.76. The van der Waals surface area contributed by atoms with E-state index in [1.807, 2.05) is 12.1 Å². The summed E-state index contributed by atoms with van der Waals surface area (Å²) < 4.78 is 5.66. The molecule has 3 heteroatoms. The van der Waals surface area contributed by atoms with E-state index in [2.05, 4.69) is 24.4 Å². The smallest absolute Gasteiger partial charge is 0.119 e. The van der Waals surface area contributed by atoms with Crippen molar-refractivity contribution < 1.29 is 4.74 Å². The van der Waals surface area contributed by atoms with Gasteiger partial charge < -0.3 is 15.8 Å². The summed E-state index contributed by atoms with van der Waals surface area (Å²) in [5, 5.41) is 3.58. The van der Waals surface area contributed by atoms with Gasteiger partial charge in [-0.2, -0.15) is 0 Å². The van der Waals surface area contributed by atoms with E-state index in [0.717, 1.165) is 31.6 Å². The van der Waals surface area contributed by atoms with Crippen LogP contribution in [-0.4, -0.2) is 18.7 Å². The van der Waals surface area contributed by atoms with Gasteiger partial charge in [0.25, 0.3) is 0 Å². The van der Waals surface area contributed by atoms with Crippen molar-refractivity contribution in [1.29, 1.82) is 0 Å². The highest BCUT2D eigenvalue weighted by molar-refractivity contribution is 5.47. The van der Waals surface area contributed by atoms with Crippen LogP contribution in [0.4, 0.5) is 5.69 Å². The fourth-order valence-electron chi connectivity index (χ4n) is 2.48. The molecule has 0 radical (unpaired) electrons. The largest absolute Gasteiger partial charge is 0.494 e. The summed E-state index contributed by atoms with van der Waals surface area (Å²) in [6, 6.07) is 9.30. The Morgan fingerprint density at radius 2 is 1.84 bits per heavy atom. The molecular weight excluding hydrogens is 236 g/mol. The predicted molar refractivity (Wildman–Crippen MR) is 80.7 cm³/mol. The number of nitrogens with two attached hydrogens (primary N) is 1. The first-order valence-electron chi connectivity index (χ1n) is 7.53. The van der Waals surface area contributed by atoms with Crippen LogP contribution in [0.15, 0.2) is 24.3 Å². The van der Waals surface area contributed by atoms with Crippen molar-refractivity contribution in [3.63, 3.8) is 0 Å². The number of hydrogen-bond donors (Lipinski definition) is 2. The van der Waals surface area contributed by atoms with Gasteiger partial charge in [-0.05, 0) is 56.4 Å². The Bertz CT molecular complexity index is 356. The highest BCUT2D eigenvalue weighted by Crippen LogP contribution is 2.22.